The van der Waals surface area contributed by atoms with Gasteiger partial charge in [-0.25, -0.2) is 9.97 Å². The molecule has 0 radical (unpaired) electrons. The summed E-state index contributed by atoms with van der Waals surface area (Å²) in [5.74, 6) is 0.273. The number of rotatable bonds is 6. The molecule has 0 aliphatic carbocycles. The number of nitrogens with zero attached hydrogens (tertiary/aromatic N) is 5. The molecule has 12 heteroatoms. The maximum atomic E-state index is 12.6. The van der Waals surface area contributed by atoms with Crippen LogP contribution < -0.4 is 10.1 Å². The first-order chi connectivity index (χ1) is 15.3. The number of carbonyl (C=O) groups is 1. The van der Waals surface area contributed by atoms with Crippen molar-refractivity contribution < 1.29 is 22.7 Å². The van der Waals surface area contributed by atoms with E-state index in [4.69, 9.17) is 4.74 Å². The molecule has 0 spiro atoms. The molecule has 164 valence electrons. The average Bonchev–Trinajstić information content (AvgIpc) is 3.22. The summed E-state index contributed by atoms with van der Waals surface area (Å²) < 4.78 is 44.6. The summed E-state index contributed by atoms with van der Waals surface area (Å²) in [5, 5.41) is 11.3. The first-order valence-electron chi connectivity index (χ1n) is 9.16. The Hall–Kier alpha value is -3.67. The van der Waals surface area contributed by atoms with Crippen LogP contribution in [0.25, 0.3) is 16.9 Å². The van der Waals surface area contributed by atoms with E-state index in [0.717, 1.165) is 29.6 Å². The van der Waals surface area contributed by atoms with Gasteiger partial charge < -0.3 is 10.1 Å². The zero-order chi connectivity index (χ0) is 22.7. The number of carbonyl (C=O) groups excluding carboxylic acids is 1. The average molecular weight is 460 g/mol. The van der Waals surface area contributed by atoms with Crippen LogP contribution >= 0.6 is 11.8 Å². The number of nitrogens with one attached hydrogen (secondary N) is 1. The third-order valence-corrected chi connectivity index (χ3v) is 5.34. The van der Waals surface area contributed by atoms with Crippen LogP contribution in [0.3, 0.4) is 0 Å². The summed E-state index contributed by atoms with van der Waals surface area (Å²) in [4.78, 5) is 20.6. The molecule has 0 fully saturated rings. The molecule has 0 bridgehead atoms. The highest BCUT2D eigenvalue weighted by Crippen LogP contribution is 2.30. The second-order valence-electron chi connectivity index (χ2n) is 6.46. The number of benzene rings is 2. The van der Waals surface area contributed by atoms with Gasteiger partial charge in [0.2, 0.25) is 5.91 Å². The summed E-state index contributed by atoms with van der Waals surface area (Å²) in [5.41, 5.74) is 1.10. The van der Waals surface area contributed by atoms with Crippen molar-refractivity contribution in [2.24, 2.45) is 0 Å². The van der Waals surface area contributed by atoms with Gasteiger partial charge in [-0.2, -0.15) is 17.9 Å². The third-order valence-electron chi connectivity index (χ3n) is 4.36. The number of methoxy groups -OCH3 is 1. The molecule has 8 nitrogen and oxygen atoms in total. The number of amides is 1. The predicted molar refractivity (Wildman–Crippen MR) is 112 cm³/mol. The summed E-state index contributed by atoms with van der Waals surface area (Å²) in [6.45, 7) is 0. The summed E-state index contributed by atoms with van der Waals surface area (Å²) in [6.07, 6.45) is -3.08. The van der Waals surface area contributed by atoms with Gasteiger partial charge in [0.1, 0.15) is 17.1 Å². The van der Waals surface area contributed by atoms with Crippen molar-refractivity contribution in [3.63, 3.8) is 0 Å². The highest BCUT2D eigenvalue weighted by atomic mass is 32.2. The molecule has 32 heavy (non-hydrogen) atoms. The molecule has 1 N–H and O–H groups in total. The Morgan fingerprint density at radius 1 is 1.09 bits per heavy atom. The van der Waals surface area contributed by atoms with Crippen molar-refractivity contribution in [3.8, 4) is 11.4 Å². The van der Waals surface area contributed by atoms with E-state index in [1.807, 2.05) is 0 Å². The molecule has 0 saturated carbocycles. The Morgan fingerprint density at radius 2 is 1.81 bits per heavy atom. The molecule has 0 aliphatic rings. The molecule has 4 rings (SSSR count). The number of alkyl halides is 3. The Labute approximate surface area is 183 Å². The molecule has 0 aliphatic heterocycles. The Bertz CT molecular complexity index is 1240. The van der Waals surface area contributed by atoms with Crippen molar-refractivity contribution in [3.05, 3.63) is 60.4 Å². The molecule has 0 saturated heterocycles. The molecule has 1 amide bonds. The molecule has 4 aromatic rings. The molecule has 0 atom stereocenters. The van der Waals surface area contributed by atoms with Crippen LogP contribution in [0.5, 0.6) is 5.75 Å². The molecule has 0 unspecified atom stereocenters. The van der Waals surface area contributed by atoms with Crippen LogP contribution in [0.4, 0.5) is 18.9 Å². The quantitative estimate of drug-likeness (QED) is 0.344. The van der Waals surface area contributed by atoms with Crippen molar-refractivity contribution in [2.75, 3.05) is 18.2 Å². The lowest BCUT2D eigenvalue weighted by atomic mass is 10.2. The first-order valence-corrected chi connectivity index (χ1v) is 10.1. The largest absolute Gasteiger partial charge is 0.497 e. The number of thioether (sulfide) groups is 1. The van der Waals surface area contributed by atoms with Crippen LogP contribution in [0.2, 0.25) is 0 Å². The monoisotopic (exact) mass is 460 g/mol. The van der Waals surface area contributed by atoms with Crippen LogP contribution in [-0.2, 0) is 11.0 Å². The van der Waals surface area contributed by atoms with Crippen molar-refractivity contribution in [2.45, 2.75) is 11.2 Å². The van der Waals surface area contributed by atoms with Gasteiger partial charge >= 0.3 is 6.18 Å². The predicted octanol–water partition coefficient (Wildman–Crippen LogP) is 3.97. The lowest BCUT2D eigenvalue weighted by molar-refractivity contribution is -0.137. The number of hydrogen-bond acceptors (Lipinski definition) is 7. The molecule has 2 aromatic heterocycles. The lowest BCUT2D eigenvalue weighted by Gasteiger charge is -2.08. The SMILES string of the molecule is COc1ccc(-n2nnc3c(SCC(=O)Nc4ccc(C(F)(F)F)cc4)ncnc32)cc1. The fourth-order valence-electron chi connectivity index (χ4n) is 2.80. The van der Waals surface area contributed by atoms with Crippen molar-refractivity contribution in [1.29, 1.82) is 0 Å². The third kappa shape index (κ3) is 4.64. The van der Waals surface area contributed by atoms with Gasteiger partial charge in [0.15, 0.2) is 11.2 Å². The molecular formula is C20H15F3N6O2S. The molecule has 2 aromatic carbocycles. The van der Waals surface area contributed by atoms with E-state index in [1.54, 1.807) is 36.1 Å². The maximum absolute atomic E-state index is 12.6. The highest BCUT2D eigenvalue weighted by Gasteiger charge is 2.30. The van der Waals surface area contributed by atoms with Gasteiger partial charge in [-0.05, 0) is 48.5 Å². The normalized spacial score (nSPS) is 11.5. The van der Waals surface area contributed by atoms with E-state index in [0.29, 0.717) is 21.9 Å². The Morgan fingerprint density at radius 3 is 2.47 bits per heavy atom. The summed E-state index contributed by atoms with van der Waals surface area (Å²) in [6, 6.07) is 11.4. The van der Waals surface area contributed by atoms with E-state index < -0.39 is 17.6 Å². The van der Waals surface area contributed by atoms with Gasteiger partial charge in [0.05, 0.1) is 24.1 Å². The van der Waals surface area contributed by atoms with Crippen LogP contribution in [0.15, 0.2) is 59.9 Å². The Balaban J connectivity index is 1.45. The highest BCUT2D eigenvalue weighted by molar-refractivity contribution is 8.00. The minimum absolute atomic E-state index is 0.0253. The smallest absolute Gasteiger partial charge is 0.416 e. The standard InChI is InChI=1S/C20H15F3N6O2S/c1-31-15-8-6-14(7-9-15)29-18-17(27-28-29)19(25-11-24-18)32-10-16(30)26-13-4-2-12(3-5-13)20(21,22)23/h2-9,11H,10H2,1H3,(H,26,30). The Kier molecular flexibility index (Phi) is 5.95. The van der Waals surface area contributed by atoms with E-state index >= 15 is 0 Å². The zero-order valence-electron chi connectivity index (χ0n) is 16.5. The molecule has 2 heterocycles. The van der Waals surface area contributed by atoms with Gasteiger partial charge in [0, 0.05) is 5.69 Å². The number of ether oxygens (including phenoxy) is 1. The second-order valence-corrected chi connectivity index (χ2v) is 7.43. The second kappa shape index (κ2) is 8.83. The number of aromatic nitrogens is 5. The number of hydrogen-bond donors (Lipinski definition) is 1. The van der Waals surface area contributed by atoms with Crippen molar-refractivity contribution >= 4 is 34.5 Å². The van der Waals surface area contributed by atoms with Crippen LogP contribution in [0.1, 0.15) is 5.56 Å². The van der Waals surface area contributed by atoms with Crippen LogP contribution in [0, 0.1) is 0 Å². The van der Waals surface area contributed by atoms with Crippen LogP contribution in [-0.4, -0.2) is 43.7 Å². The minimum Gasteiger partial charge on any atom is -0.497 e. The number of fused-ring (bicyclic) bond motifs is 1. The van der Waals surface area contributed by atoms with E-state index in [1.165, 1.54) is 18.5 Å². The van der Waals surface area contributed by atoms with Gasteiger partial charge in [-0.1, -0.05) is 17.0 Å². The van der Waals surface area contributed by atoms with Crippen molar-refractivity contribution in [1.82, 2.24) is 25.0 Å². The summed E-state index contributed by atoms with van der Waals surface area (Å²) >= 11 is 1.12. The number of halogens is 3. The lowest BCUT2D eigenvalue weighted by Crippen LogP contribution is -2.14. The van der Waals surface area contributed by atoms with Gasteiger partial charge in [-0.3, -0.25) is 4.79 Å². The first kappa shape index (κ1) is 21.6. The van der Waals surface area contributed by atoms with E-state index in [-0.39, 0.29) is 11.4 Å². The van der Waals surface area contributed by atoms with Gasteiger partial charge in [-0.15, -0.1) is 5.10 Å². The fraction of sp³-hybridized carbons (Fsp3) is 0.150. The zero-order valence-corrected chi connectivity index (χ0v) is 17.3. The minimum atomic E-state index is -4.43. The topological polar surface area (TPSA) is 94.8 Å². The van der Waals surface area contributed by atoms with E-state index in [9.17, 15) is 18.0 Å². The van der Waals surface area contributed by atoms with E-state index in [2.05, 4.69) is 25.6 Å². The molecular weight excluding hydrogens is 445 g/mol. The fourth-order valence-corrected chi connectivity index (χ4v) is 3.54. The summed E-state index contributed by atoms with van der Waals surface area (Å²) in [7, 11) is 1.57. The number of anilines is 1. The van der Waals surface area contributed by atoms with Gasteiger partial charge in [0.25, 0.3) is 0 Å². The maximum Gasteiger partial charge on any atom is 0.416 e.